The van der Waals surface area contributed by atoms with Crippen LogP contribution in [0.15, 0.2) is 40.9 Å². The van der Waals surface area contributed by atoms with E-state index in [-0.39, 0.29) is 11.6 Å². The van der Waals surface area contributed by atoms with Crippen LogP contribution >= 0.6 is 11.6 Å². The molecule has 0 amide bonds. The Morgan fingerprint density at radius 3 is 2.72 bits per heavy atom. The number of halogens is 1. The molecule has 7 nitrogen and oxygen atoms in total. The smallest absolute Gasteiger partial charge is 0.287 e. The number of fused-ring (bicyclic) bond motifs is 1. The molecule has 128 valence electrons. The minimum absolute atomic E-state index is 0.00349. The van der Waals surface area contributed by atoms with Crippen LogP contribution in [0, 0.1) is 10.1 Å². The van der Waals surface area contributed by atoms with Crippen molar-refractivity contribution in [3.63, 3.8) is 0 Å². The number of hydrogen-bond acceptors (Lipinski definition) is 6. The Hall–Kier alpha value is -2.67. The second-order valence-corrected chi connectivity index (χ2v) is 6.49. The van der Waals surface area contributed by atoms with Crippen molar-refractivity contribution in [2.75, 3.05) is 18.0 Å². The van der Waals surface area contributed by atoms with Gasteiger partial charge in [-0.2, -0.15) is 0 Å². The first-order valence-electron chi connectivity index (χ1n) is 8.01. The van der Waals surface area contributed by atoms with E-state index in [9.17, 15) is 10.1 Å². The Kier molecular flexibility index (Phi) is 4.01. The van der Waals surface area contributed by atoms with Gasteiger partial charge in [0.25, 0.3) is 5.69 Å². The van der Waals surface area contributed by atoms with Gasteiger partial charge in [0, 0.05) is 30.1 Å². The Labute approximate surface area is 148 Å². The summed E-state index contributed by atoms with van der Waals surface area (Å²) in [5.74, 6) is 1.75. The standard InChI is InChI=1S/C17H15ClN4O3/c18-12-1-3-15-14(9-12)20-17(25-15)11-5-7-21(8-6-11)16-4-2-13(10-19-16)22(23)24/h1-4,9-11H,5-8H2. The number of oxazole rings is 1. The number of nitrogens with zero attached hydrogens (tertiary/aromatic N) is 4. The molecule has 25 heavy (non-hydrogen) atoms. The van der Waals surface area contributed by atoms with Gasteiger partial charge in [-0.1, -0.05) is 11.6 Å². The monoisotopic (exact) mass is 358 g/mol. The first kappa shape index (κ1) is 15.8. The Morgan fingerprint density at radius 2 is 2.04 bits per heavy atom. The highest BCUT2D eigenvalue weighted by Crippen LogP contribution is 2.32. The van der Waals surface area contributed by atoms with Gasteiger partial charge < -0.3 is 9.32 Å². The van der Waals surface area contributed by atoms with E-state index >= 15 is 0 Å². The van der Waals surface area contributed by atoms with Gasteiger partial charge in [0.15, 0.2) is 11.5 Å². The fourth-order valence-electron chi connectivity index (χ4n) is 3.12. The summed E-state index contributed by atoms with van der Waals surface area (Å²) in [6, 6.07) is 8.62. The third kappa shape index (κ3) is 3.15. The summed E-state index contributed by atoms with van der Waals surface area (Å²) >= 11 is 5.99. The van der Waals surface area contributed by atoms with Gasteiger partial charge in [0.2, 0.25) is 0 Å². The van der Waals surface area contributed by atoms with E-state index in [2.05, 4.69) is 14.9 Å². The van der Waals surface area contributed by atoms with Crippen LogP contribution in [-0.2, 0) is 0 Å². The number of nitro groups is 1. The molecule has 0 radical (unpaired) electrons. The lowest BCUT2D eigenvalue weighted by atomic mass is 9.97. The molecule has 0 N–H and O–H groups in total. The Bertz CT molecular complexity index is 917. The van der Waals surface area contributed by atoms with E-state index in [4.69, 9.17) is 16.0 Å². The quantitative estimate of drug-likeness (QED) is 0.516. The van der Waals surface area contributed by atoms with Crippen molar-refractivity contribution >= 4 is 34.2 Å². The van der Waals surface area contributed by atoms with Crippen LogP contribution < -0.4 is 4.90 Å². The third-order valence-corrected chi connectivity index (χ3v) is 4.71. The van der Waals surface area contributed by atoms with Crippen LogP contribution in [0.3, 0.4) is 0 Å². The normalized spacial score (nSPS) is 15.6. The van der Waals surface area contributed by atoms with Gasteiger partial charge in [-0.05, 0) is 37.1 Å². The molecule has 3 heterocycles. The summed E-state index contributed by atoms with van der Waals surface area (Å²) in [6.07, 6.45) is 3.07. The molecule has 3 aromatic rings. The number of rotatable bonds is 3. The molecule has 0 bridgehead atoms. The van der Waals surface area contributed by atoms with Crippen molar-refractivity contribution in [3.05, 3.63) is 57.6 Å². The average molecular weight is 359 g/mol. The zero-order valence-corrected chi connectivity index (χ0v) is 14.0. The first-order valence-corrected chi connectivity index (χ1v) is 8.39. The summed E-state index contributed by atoms with van der Waals surface area (Å²) in [4.78, 5) is 21.2. The van der Waals surface area contributed by atoms with Crippen molar-refractivity contribution in [2.24, 2.45) is 0 Å². The van der Waals surface area contributed by atoms with Crippen molar-refractivity contribution in [1.82, 2.24) is 9.97 Å². The number of aromatic nitrogens is 2. The van der Waals surface area contributed by atoms with E-state index in [1.165, 1.54) is 12.3 Å². The van der Waals surface area contributed by atoms with Crippen molar-refractivity contribution in [3.8, 4) is 0 Å². The number of anilines is 1. The van der Waals surface area contributed by atoms with Gasteiger partial charge in [-0.15, -0.1) is 0 Å². The molecule has 0 saturated carbocycles. The molecule has 1 fully saturated rings. The maximum absolute atomic E-state index is 10.7. The molecule has 0 spiro atoms. The molecule has 0 aliphatic carbocycles. The van der Waals surface area contributed by atoms with Gasteiger partial charge in [-0.3, -0.25) is 10.1 Å². The zero-order valence-electron chi connectivity index (χ0n) is 13.3. The molecule has 2 aromatic heterocycles. The molecule has 1 aromatic carbocycles. The molecule has 0 unspecified atom stereocenters. The zero-order chi connectivity index (χ0) is 17.4. The summed E-state index contributed by atoms with van der Waals surface area (Å²) in [6.45, 7) is 1.60. The van der Waals surface area contributed by atoms with Crippen LogP contribution in [-0.4, -0.2) is 28.0 Å². The van der Waals surface area contributed by atoms with Gasteiger partial charge >= 0.3 is 0 Å². The summed E-state index contributed by atoms with van der Waals surface area (Å²) in [5, 5.41) is 11.4. The fourth-order valence-corrected chi connectivity index (χ4v) is 3.29. The predicted molar refractivity (Wildman–Crippen MR) is 94.1 cm³/mol. The summed E-state index contributed by atoms with van der Waals surface area (Å²) < 4.78 is 5.87. The molecule has 1 aliphatic rings. The van der Waals surface area contributed by atoms with Gasteiger partial charge in [-0.25, -0.2) is 9.97 Å². The van der Waals surface area contributed by atoms with E-state index in [0.717, 1.165) is 48.7 Å². The van der Waals surface area contributed by atoms with Gasteiger partial charge in [0.05, 0.1) is 4.92 Å². The van der Waals surface area contributed by atoms with E-state index in [1.807, 2.05) is 6.07 Å². The average Bonchev–Trinajstić information content (AvgIpc) is 3.05. The Morgan fingerprint density at radius 1 is 1.24 bits per heavy atom. The topological polar surface area (TPSA) is 85.3 Å². The van der Waals surface area contributed by atoms with Crippen LogP contribution in [0.1, 0.15) is 24.7 Å². The second kappa shape index (κ2) is 6.33. The highest BCUT2D eigenvalue weighted by Gasteiger charge is 2.25. The lowest BCUT2D eigenvalue weighted by molar-refractivity contribution is -0.385. The lowest BCUT2D eigenvalue weighted by Crippen LogP contribution is -2.33. The third-order valence-electron chi connectivity index (χ3n) is 4.48. The number of hydrogen-bond donors (Lipinski definition) is 0. The number of piperidine rings is 1. The Balaban J connectivity index is 1.46. The van der Waals surface area contributed by atoms with Crippen LogP contribution in [0.2, 0.25) is 5.02 Å². The van der Waals surface area contributed by atoms with E-state index < -0.39 is 4.92 Å². The summed E-state index contributed by atoms with van der Waals surface area (Å²) in [7, 11) is 0. The van der Waals surface area contributed by atoms with Crippen molar-refractivity contribution in [2.45, 2.75) is 18.8 Å². The molecule has 0 atom stereocenters. The number of benzene rings is 1. The molecular weight excluding hydrogens is 344 g/mol. The SMILES string of the molecule is O=[N+]([O-])c1ccc(N2CCC(c3nc4cc(Cl)ccc4o3)CC2)nc1. The molecule has 1 aliphatic heterocycles. The first-order chi connectivity index (χ1) is 12.1. The van der Waals surface area contributed by atoms with Crippen molar-refractivity contribution < 1.29 is 9.34 Å². The fraction of sp³-hybridized carbons (Fsp3) is 0.294. The van der Waals surface area contributed by atoms with Crippen LogP contribution in [0.25, 0.3) is 11.1 Å². The van der Waals surface area contributed by atoms with E-state index in [1.54, 1.807) is 18.2 Å². The summed E-state index contributed by atoms with van der Waals surface area (Å²) in [5.41, 5.74) is 1.53. The maximum Gasteiger partial charge on any atom is 0.287 e. The molecule has 4 rings (SSSR count). The number of pyridine rings is 1. The van der Waals surface area contributed by atoms with Crippen LogP contribution in [0.5, 0.6) is 0 Å². The van der Waals surface area contributed by atoms with Crippen LogP contribution in [0.4, 0.5) is 11.5 Å². The van der Waals surface area contributed by atoms with Crippen molar-refractivity contribution in [1.29, 1.82) is 0 Å². The predicted octanol–water partition coefficient (Wildman–Crippen LogP) is 4.17. The second-order valence-electron chi connectivity index (χ2n) is 6.06. The highest BCUT2D eigenvalue weighted by atomic mass is 35.5. The molecule has 8 heteroatoms. The van der Waals surface area contributed by atoms with E-state index in [0.29, 0.717) is 5.02 Å². The highest BCUT2D eigenvalue weighted by molar-refractivity contribution is 6.31. The van der Waals surface area contributed by atoms with Gasteiger partial charge in [0.1, 0.15) is 17.5 Å². The largest absolute Gasteiger partial charge is 0.440 e. The minimum atomic E-state index is -0.442. The maximum atomic E-state index is 10.7. The lowest BCUT2D eigenvalue weighted by Gasteiger charge is -2.31. The molecular formula is C17H15ClN4O3. The minimum Gasteiger partial charge on any atom is -0.440 e. The molecule has 1 saturated heterocycles.